The molecule has 5 rings (SSSR count). The smallest absolute Gasteiger partial charge is 0.197 e. The van der Waals surface area contributed by atoms with Crippen LogP contribution in [0.15, 0.2) is 63.3 Å². The van der Waals surface area contributed by atoms with Gasteiger partial charge in [0, 0.05) is 59.2 Å². The van der Waals surface area contributed by atoms with Gasteiger partial charge < -0.3 is 15.1 Å². The third kappa shape index (κ3) is 4.42. The summed E-state index contributed by atoms with van der Waals surface area (Å²) in [6, 6.07) is 17.0. The Hall–Kier alpha value is -2.90. The Balaban J connectivity index is 1.19. The zero-order valence-corrected chi connectivity index (χ0v) is 20.7. The molecule has 2 aliphatic heterocycles. The summed E-state index contributed by atoms with van der Waals surface area (Å²) in [5.74, 6) is 1.46. The first kappa shape index (κ1) is 22.9. The molecule has 3 heterocycles. The molecule has 34 heavy (non-hydrogen) atoms. The van der Waals surface area contributed by atoms with Gasteiger partial charge in [0.1, 0.15) is 5.84 Å². The van der Waals surface area contributed by atoms with Crippen molar-refractivity contribution in [3.05, 3.63) is 65.2 Å². The molecular weight excluding hydrogens is 444 g/mol. The lowest BCUT2D eigenvalue weighted by Gasteiger charge is -2.36. The second-order valence-electron chi connectivity index (χ2n) is 9.09. The van der Waals surface area contributed by atoms with E-state index in [1.54, 1.807) is 16.3 Å². The highest BCUT2D eigenvalue weighted by Gasteiger charge is 2.25. The number of aliphatic imine (C=N–C) groups is 1. The number of amidine groups is 1. The van der Waals surface area contributed by atoms with Crippen molar-refractivity contribution in [2.24, 2.45) is 4.99 Å². The van der Waals surface area contributed by atoms with Crippen LogP contribution >= 0.6 is 11.8 Å². The van der Waals surface area contributed by atoms with Crippen LogP contribution in [0.5, 0.6) is 11.8 Å². The van der Waals surface area contributed by atoms with E-state index in [2.05, 4.69) is 58.3 Å². The van der Waals surface area contributed by atoms with Gasteiger partial charge in [0.15, 0.2) is 11.8 Å². The molecular formula is C27H32N4O2S. The molecule has 1 aromatic heterocycles. The molecule has 1 fully saturated rings. The number of hydrogen-bond acceptors (Lipinski definition) is 6. The summed E-state index contributed by atoms with van der Waals surface area (Å²) in [6.07, 6.45) is 1.95. The largest absolute Gasteiger partial charge is 0.494 e. The van der Waals surface area contributed by atoms with Gasteiger partial charge in [0.2, 0.25) is 0 Å². The molecule has 0 bridgehead atoms. The van der Waals surface area contributed by atoms with E-state index in [4.69, 9.17) is 4.99 Å². The quantitative estimate of drug-likeness (QED) is 0.498. The van der Waals surface area contributed by atoms with Crippen molar-refractivity contribution in [3.8, 4) is 11.8 Å². The lowest BCUT2D eigenvalue weighted by atomic mass is 10.1. The van der Waals surface area contributed by atoms with Crippen LogP contribution in [0.2, 0.25) is 0 Å². The van der Waals surface area contributed by atoms with Crippen LogP contribution in [-0.2, 0) is 6.54 Å². The van der Waals surface area contributed by atoms with Gasteiger partial charge in [-0.15, -0.1) is 0 Å². The molecule has 0 amide bonds. The molecule has 0 atom stereocenters. The molecule has 0 saturated carbocycles. The Bertz CT molecular complexity index is 1190. The topological polar surface area (TPSA) is 64.2 Å². The van der Waals surface area contributed by atoms with Crippen molar-refractivity contribution in [1.29, 1.82) is 0 Å². The number of hydrogen-bond donors (Lipinski definition) is 2. The molecule has 1 saturated heterocycles. The first-order valence-corrected chi connectivity index (χ1v) is 12.8. The van der Waals surface area contributed by atoms with Gasteiger partial charge >= 0.3 is 0 Å². The maximum absolute atomic E-state index is 10.2. The molecule has 178 valence electrons. The number of para-hydroxylation sites is 1. The summed E-state index contributed by atoms with van der Waals surface area (Å²) in [5.41, 5.74) is 3.78. The summed E-state index contributed by atoms with van der Waals surface area (Å²) in [4.78, 5) is 12.5. The fourth-order valence-corrected chi connectivity index (χ4v) is 5.77. The molecule has 0 spiro atoms. The Kier molecular flexibility index (Phi) is 6.57. The summed E-state index contributed by atoms with van der Waals surface area (Å²) >= 11 is 1.80. The predicted octanol–water partition coefficient (Wildman–Crippen LogP) is 5.16. The van der Waals surface area contributed by atoms with E-state index >= 15 is 0 Å². The zero-order valence-electron chi connectivity index (χ0n) is 19.9. The molecule has 0 aliphatic carbocycles. The van der Waals surface area contributed by atoms with Crippen LogP contribution < -0.4 is 0 Å². The first-order chi connectivity index (χ1) is 16.5. The highest BCUT2D eigenvalue weighted by Crippen LogP contribution is 2.40. The number of aromatic nitrogens is 1. The highest BCUT2D eigenvalue weighted by molar-refractivity contribution is 7.99. The second-order valence-corrected chi connectivity index (χ2v) is 10.2. The van der Waals surface area contributed by atoms with E-state index in [1.165, 1.54) is 15.4 Å². The van der Waals surface area contributed by atoms with Gasteiger partial charge in [-0.3, -0.25) is 9.47 Å². The maximum atomic E-state index is 10.2. The zero-order chi connectivity index (χ0) is 23.7. The number of piperazine rings is 1. The summed E-state index contributed by atoms with van der Waals surface area (Å²) in [7, 11) is 0. The monoisotopic (exact) mass is 476 g/mol. The SMILES string of the molecule is Cc1c(C)c(O)n(CCCCN2CCN(C3=Nc4ccccc4Sc4ccccc43)CC2)c1O. The average molecular weight is 477 g/mol. The lowest BCUT2D eigenvalue weighted by Crippen LogP contribution is -2.49. The third-order valence-corrected chi connectivity index (χ3v) is 8.10. The number of benzene rings is 2. The van der Waals surface area contributed by atoms with Gasteiger partial charge in [-0.05, 0) is 51.4 Å². The van der Waals surface area contributed by atoms with Crippen molar-refractivity contribution in [2.75, 3.05) is 32.7 Å². The Morgan fingerprint density at radius 1 is 0.794 bits per heavy atom. The van der Waals surface area contributed by atoms with Gasteiger partial charge in [0.05, 0.1) is 5.69 Å². The van der Waals surface area contributed by atoms with Crippen LogP contribution in [0.1, 0.15) is 29.5 Å². The summed E-state index contributed by atoms with van der Waals surface area (Å²) in [6.45, 7) is 9.27. The number of fused-ring (bicyclic) bond motifs is 2. The van der Waals surface area contributed by atoms with E-state index < -0.39 is 0 Å². The van der Waals surface area contributed by atoms with E-state index in [0.717, 1.165) is 68.2 Å². The third-order valence-electron chi connectivity index (χ3n) is 6.96. The number of unbranched alkanes of at least 4 members (excludes halogenated alkanes) is 1. The summed E-state index contributed by atoms with van der Waals surface area (Å²) in [5, 5.41) is 20.5. The Morgan fingerprint density at radius 3 is 2.15 bits per heavy atom. The molecule has 6 nitrogen and oxygen atoms in total. The van der Waals surface area contributed by atoms with Crippen LogP contribution in [0.3, 0.4) is 0 Å². The number of rotatable bonds is 5. The van der Waals surface area contributed by atoms with Gasteiger partial charge in [-0.1, -0.05) is 42.1 Å². The molecule has 2 N–H and O–H groups in total. The number of aromatic hydroxyl groups is 2. The average Bonchev–Trinajstić information content (AvgIpc) is 2.99. The van der Waals surface area contributed by atoms with E-state index in [1.807, 2.05) is 13.8 Å². The van der Waals surface area contributed by atoms with Crippen molar-refractivity contribution in [2.45, 2.75) is 43.0 Å². The van der Waals surface area contributed by atoms with Crippen molar-refractivity contribution in [1.82, 2.24) is 14.4 Å². The maximum Gasteiger partial charge on any atom is 0.197 e. The second kappa shape index (κ2) is 9.76. The highest BCUT2D eigenvalue weighted by atomic mass is 32.2. The van der Waals surface area contributed by atoms with E-state index in [-0.39, 0.29) is 11.8 Å². The Morgan fingerprint density at radius 2 is 1.41 bits per heavy atom. The Labute approximate surface area is 205 Å². The van der Waals surface area contributed by atoms with Gasteiger partial charge in [-0.2, -0.15) is 0 Å². The fraction of sp³-hybridized carbons (Fsp3) is 0.370. The van der Waals surface area contributed by atoms with Crippen LogP contribution in [0.25, 0.3) is 0 Å². The fourth-order valence-electron chi connectivity index (χ4n) is 4.75. The summed E-state index contributed by atoms with van der Waals surface area (Å²) < 4.78 is 1.63. The minimum absolute atomic E-state index is 0.188. The van der Waals surface area contributed by atoms with Crippen molar-refractivity contribution < 1.29 is 10.2 Å². The predicted molar refractivity (Wildman–Crippen MR) is 138 cm³/mol. The van der Waals surface area contributed by atoms with Gasteiger partial charge in [-0.25, -0.2) is 4.99 Å². The minimum Gasteiger partial charge on any atom is -0.494 e. The first-order valence-electron chi connectivity index (χ1n) is 12.0. The lowest BCUT2D eigenvalue weighted by molar-refractivity contribution is 0.178. The molecule has 0 unspecified atom stereocenters. The molecule has 7 heteroatoms. The normalized spacial score (nSPS) is 16.1. The molecule has 2 aliphatic rings. The van der Waals surface area contributed by atoms with Crippen LogP contribution in [0.4, 0.5) is 5.69 Å². The van der Waals surface area contributed by atoms with E-state index in [9.17, 15) is 10.2 Å². The van der Waals surface area contributed by atoms with E-state index in [0.29, 0.717) is 6.54 Å². The molecule has 2 aromatic carbocycles. The minimum atomic E-state index is 0.188. The van der Waals surface area contributed by atoms with Gasteiger partial charge in [0.25, 0.3) is 0 Å². The van der Waals surface area contributed by atoms with Crippen molar-refractivity contribution in [3.63, 3.8) is 0 Å². The van der Waals surface area contributed by atoms with Crippen molar-refractivity contribution >= 4 is 23.3 Å². The molecule has 0 radical (unpaired) electrons. The standard InChI is InChI=1S/C27H32N4O2S/c1-19-20(2)27(33)31(26(19)32)14-8-7-13-29-15-17-30(18-16-29)25-21-9-3-5-11-23(21)34-24-12-6-4-10-22(24)28-25/h3-6,9-12,32-33H,7-8,13-18H2,1-2H3. The van der Waals surface area contributed by atoms with Crippen LogP contribution in [-0.4, -0.2) is 63.1 Å². The number of nitrogens with zero attached hydrogens (tertiary/aromatic N) is 4. The molecule has 3 aromatic rings. The van der Waals surface area contributed by atoms with Crippen LogP contribution in [0, 0.1) is 13.8 Å².